The fraction of sp³-hybridized carbons (Fsp3) is 0.667. The van der Waals surface area contributed by atoms with Crippen LogP contribution in [0.4, 0.5) is 0 Å². The molecule has 4 atom stereocenters. The third kappa shape index (κ3) is 2.10. The summed E-state index contributed by atoms with van der Waals surface area (Å²) >= 11 is 0. The predicted octanol–water partition coefficient (Wildman–Crippen LogP) is 3.31. The Hall–Kier alpha value is -0.860. The molecule has 0 saturated carbocycles. The standard InChI is InChI=1S/C18H26N2/c1-13-8-9-18(16-7-3-2-6-15(13)16)20-11-14-5-4-10-19-17(14)12-20/h2-3,6-7,13-14,17-19H,4-5,8-12H2,1H3/t13?,14-,17+,18?/m0/s1. The zero-order chi connectivity index (χ0) is 13.5. The Labute approximate surface area is 122 Å². The molecule has 0 spiro atoms. The molecular weight excluding hydrogens is 244 g/mol. The van der Waals surface area contributed by atoms with E-state index >= 15 is 0 Å². The van der Waals surface area contributed by atoms with E-state index in [2.05, 4.69) is 41.4 Å². The van der Waals surface area contributed by atoms with Crippen molar-refractivity contribution < 1.29 is 0 Å². The predicted molar refractivity (Wildman–Crippen MR) is 82.9 cm³/mol. The van der Waals surface area contributed by atoms with Crippen LogP contribution in [-0.2, 0) is 0 Å². The van der Waals surface area contributed by atoms with E-state index in [1.165, 1.54) is 45.3 Å². The Morgan fingerprint density at radius 1 is 1.05 bits per heavy atom. The van der Waals surface area contributed by atoms with Crippen molar-refractivity contribution in [3.8, 4) is 0 Å². The van der Waals surface area contributed by atoms with E-state index in [9.17, 15) is 0 Å². The molecule has 0 bridgehead atoms. The highest BCUT2D eigenvalue weighted by Crippen LogP contribution is 2.42. The Morgan fingerprint density at radius 2 is 1.90 bits per heavy atom. The van der Waals surface area contributed by atoms with Gasteiger partial charge < -0.3 is 5.32 Å². The highest BCUT2D eigenvalue weighted by Gasteiger charge is 2.39. The summed E-state index contributed by atoms with van der Waals surface area (Å²) in [5, 5.41) is 3.74. The summed E-state index contributed by atoms with van der Waals surface area (Å²) in [5.41, 5.74) is 3.22. The van der Waals surface area contributed by atoms with Crippen molar-refractivity contribution >= 4 is 0 Å². The third-order valence-corrected chi connectivity index (χ3v) is 5.83. The normalized spacial score (nSPS) is 37.5. The van der Waals surface area contributed by atoms with Gasteiger partial charge in [0.1, 0.15) is 0 Å². The fourth-order valence-corrected chi connectivity index (χ4v) is 4.70. The van der Waals surface area contributed by atoms with Crippen LogP contribution in [0.3, 0.4) is 0 Å². The molecule has 2 heterocycles. The van der Waals surface area contributed by atoms with Crippen LogP contribution in [0.2, 0.25) is 0 Å². The molecule has 1 aliphatic carbocycles. The summed E-state index contributed by atoms with van der Waals surface area (Å²) in [7, 11) is 0. The summed E-state index contributed by atoms with van der Waals surface area (Å²) in [6, 6.07) is 10.6. The second-order valence-corrected chi connectivity index (χ2v) is 7.04. The van der Waals surface area contributed by atoms with Gasteiger partial charge in [0.15, 0.2) is 0 Å². The molecule has 2 nitrogen and oxygen atoms in total. The maximum atomic E-state index is 3.74. The number of hydrogen-bond acceptors (Lipinski definition) is 2. The molecule has 0 aromatic heterocycles. The fourth-order valence-electron chi connectivity index (χ4n) is 4.70. The zero-order valence-electron chi connectivity index (χ0n) is 12.5. The van der Waals surface area contributed by atoms with Gasteiger partial charge in [0.2, 0.25) is 0 Å². The average Bonchev–Trinajstić information content (AvgIpc) is 2.91. The van der Waals surface area contributed by atoms with Crippen LogP contribution in [0.15, 0.2) is 24.3 Å². The highest BCUT2D eigenvalue weighted by molar-refractivity contribution is 5.35. The first-order valence-corrected chi connectivity index (χ1v) is 8.39. The molecule has 2 aliphatic heterocycles. The van der Waals surface area contributed by atoms with Crippen LogP contribution < -0.4 is 5.32 Å². The van der Waals surface area contributed by atoms with Crippen molar-refractivity contribution in [2.75, 3.05) is 19.6 Å². The molecule has 3 aliphatic rings. The number of likely N-dealkylation sites (tertiary alicyclic amines) is 1. The monoisotopic (exact) mass is 270 g/mol. The van der Waals surface area contributed by atoms with Crippen LogP contribution >= 0.6 is 0 Å². The molecule has 1 aromatic carbocycles. The minimum Gasteiger partial charge on any atom is -0.312 e. The van der Waals surface area contributed by atoms with Crippen molar-refractivity contribution in [3.05, 3.63) is 35.4 Å². The van der Waals surface area contributed by atoms with E-state index in [4.69, 9.17) is 0 Å². The van der Waals surface area contributed by atoms with Crippen molar-refractivity contribution in [1.82, 2.24) is 10.2 Å². The first-order valence-electron chi connectivity index (χ1n) is 8.39. The van der Waals surface area contributed by atoms with Gasteiger partial charge in [0.25, 0.3) is 0 Å². The molecule has 20 heavy (non-hydrogen) atoms. The Bertz CT molecular complexity index is 470. The van der Waals surface area contributed by atoms with Gasteiger partial charge in [-0.3, -0.25) is 4.90 Å². The quantitative estimate of drug-likeness (QED) is 0.842. The SMILES string of the molecule is CC1CCC(N2C[C@@H]3CCCN[C@@H]3C2)c2ccccc21. The third-order valence-electron chi connectivity index (χ3n) is 5.83. The number of benzene rings is 1. The maximum Gasteiger partial charge on any atom is 0.0351 e. The lowest BCUT2D eigenvalue weighted by Gasteiger charge is -2.36. The van der Waals surface area contributed by atoms with Crippen LogP contribution in [0, 0.1) is 5.92 Å². The largest absolute Gasteiger partial charge is 0.312 e. The molecule has 0 amide bonds. The molecule has 0 radical (unpaired) electrons. The van der Waals surface area contributed by atoms with Crippen molar-refractivity contribution in [2.45, 2.75) is 50.6 Å². The van der Waals surface area contributed by atoms with Crippen molar-refractivity contribution in [2.24, 2.45) is 5.92 Å². The molecule has 1 N–H and O–H groups in total. The van der Waals surface area contributed by atoms with Gasteiger partial charge >= 0.3 is 0 Å². The molecule has 108 valence electrons. The van der Waals surface area contributed by atoms with Crippen LogP contribution in [0.5, 0.6) is 0 Å². The van der Waals surface area contributed by atoms with Crippen LogP contribution in [-0.4, -0.2) is 30.6 Å². The van der Waals surface area contributed by atoms with Gasteiger partial charge in [0.05, 0.1) is 0 Å². The number of hydrogen-bond donors (Lipinski definition) is 1. The Kier molecular flexibility index (Phi) is 3.31. The second kappa shape index (κ2) is 5.16. The molecule has 2 unspecified atom stereocenters. The molecule has 2 heteroatoms. The number of rotatable bonds is 1. The molecule has 4 rings (SSSR count). The van der Waals surface area contributed by atoms with Gasteiger partial charge in [-0.2, -0.15) is 0 Å². The van der Waals surface area contributed by atoms with E-state index in [-0.39, 0.29) is 0 Å². The van der Waals surface area contributed by atoms with E-state index in [0.717, 1.165) is 17.9 Å². The maximum absolute atomic E-state index is 3.74. The van der Waals surface area contributed by atoms with Crippen LogP contribution in [0.25, 0.3) is 0 Å². The number of nitrogens with zero attached hydrogens (tertiary/aromatic N) is 1. The van der Waals surface area contributed by atoms with Gasteiger partial charge in [-0.1, -0.05) is 31.2 Å². The smallest absolute Gasteiger partial charge is 0.0351 e. The van der Waals surface area contributed by atoms with E-state index in [1.807, 2.05) is 0 Å². The van der Waals surface area contributed by atoms with Crippen LogP contribution in [0.1, 0.15) is 55.7 Å². The van der Waals surface area contributed by atoms with E-state index in [1.54, 1.807) is 11.1 Å². The highest BCUT2D eigenvalue weighted by atomic mass is 15.2. The van der Waals surface area contributed by atoms with Crippen molar-refractivity contribution in [1.29, 1.82) is 0 Å². The first kappa shape index (κ1) is 12.8. The molecular formula is C18H26N2. The topological polar surface area (TPSA) is 15.3 Å². The summed E-state index contributed by atoms with van der Waals surface area (Å²) in [4.78, 5) is 2.78. The lowest BCUT2D eigenvalue weighted by atomic mass is 9.80. The van der Waals surface area contributed by atoms with Crippen molar-refractivity contribution in [3.63, 3.8) is 0 Å². The van der Waals surface area contributed by atoms with Gasteiger partial charge in [-0.05, 0) is 55.2 Å². The summed E-state index contributed by atoms with van der Waals surface area (Å²) in [6.07, 6.45) is 5.49. The molecule has 2 saturated heterocycles. The Balaban J connectivity index is 1.59. The summed E-state index contributed by atoms with van der Waals surface area (Å²) in [6.45, 7) is 6.19. The Morgan fingerprint density at radius 3 is 2.75 bits per heavy atom. The first-order chi connectivity index (χ1) is 9.83. The number of nitrogens with one attached hydrogen (secondary N) is 1. The molecule has 2 fully saturated rings. The van der Waals surface area contributed by atoms with Gasteiger partial charge in [-0.15, -0.1) is 0 Å². The minimum absolute atomic E-state index is 0.676. The van der Waals surface area contributed by atoms with E-state index in [0.29, 0.717) is 6.04 Å². The summed E-state index contributed by atoms with van der Waals surface area (Å²) in [5.74, 6) is 1.64. The van der Waals surface area contributed by atoms with Gasteiger partial charge in [0, 0.05) is 25.2 Å². The molecule has 1 aromatic rings. The van der Waals surface area contributed by atoms with E-state index < -0.39 is 0 Å². The second-order valence-electron chi connectivity index (χ2n) is 7.04. The average molecular weight is 270 g/mol. The summed E-state index contributed by atoms with van der Waals surface area (Å²) < 4.78 is 0. The lowest BCUT2D eigenvalue weighted by molar-refractivity contribution is 0.206. The number of piperidine rings is 1. The lowest BCUT2D eigenvalue weighted by Crippen LogP contribution is -2.41. The number of fused-ring (bicyclic) bond motifs is 2. The zero-order valence-corrected chi connectivity index (χ0v) is 12.5. The minimum atomic E-state index is 0.676. The van der Waals surface area contributed by atoms with Gasteiger partial charge in [-0.25, -0.2) is 0 Å².